The van der Waals surface area contributed by atoms with E-state index < -0.39 is 16.0 Å². The second kappa shape index (κ2) is 8.05. The number of nitrogens with zero attached hydrogens (tertiary/aromatic N) is 1. The number of carbonyl (C=O) groups is 1. The number of fused-ring (bicyclic) bond motifs is 1. The Morgan fingerprint density at radius 2 is 1.84 bits per heavy atom. The highest BCUT2D eigenvalue weighted by molar-refractivity contribution is 9.10. The summed E-state index contributed by atoms with van der Waals surface area (Å²) >= 11 is 3.25. The molecule has 3 N–H and O–H groups in total. The van der Waals surface area contributed by atoms with Gasteiger partial charge in [-0.3, -0.25) is 4.79 Å². The van der Waals surface area contributed by atoms with Gasteiger partial charge in [-0.25, -0.2) is 4.98 Å². The van der Waals surface area contributed by atoms with Gasteiger partial charge >= 0.3 is 10.1 Å². The molecule has 1 heterocycles. The number of nitrogens with one attached hydrogen (secondary N) is 1. The zero-order valence-corrected chi connectivity index (χ0v) is 18.5. The number of H-pyrrole nitrogens is 1. The summed E-state index contributed by atoms with van der Waals surface area (Å²) in [6, 6.07) is 16.0. The van der Waals surface area contributed by atoms with E-state index in [1.54, 1.807) is 42.5 Å². The van der Waals surface area contributed by atoms with Crippen molar-refractivity contribution in [3.05, 3.63) is 70.7 Å². The summed E-state index contributed by atoms with van der Waals surface area (Å²) in [5.41, 5.74) is 7.41. The van der Waals surface area contributed by atoms with Gasteiger partial charge in [-0.15, -0.1) is 0 Å². The molecule has 0 unspecified atom stereocenters. The fourth-order valence-electron chi connectivity index (χ4n) is 3.04. The van der Waals surface area contributed by atoms with Gasteiger partial charge in [0, 0.05) is 10.0 Å². The molecule has 0 spiro atoms. The van der Waals surface area contributed by atoms with E-state index in [0.717, 1.165) is 0 Å². The number of hydrogen-bond acceptors (Lipinski definition) is 6. The van der Waals surface area contributed by atoms with Gasteiger partial charge in [-0.05, 0) is 48.5 Å². The molecular formula is C21H16BrN3O5S. The Hall–Kier alpha value is -3.37. The predicted octanol–water partition coefficient (Wildman–Crippen LogP) is 3.87. The van der Waals surface area contributed by atoms with Gasteiger partial charge in [0.05, 0.1) is 18.2 Å². The van der Waals surface area contributed by atoms with Gasteiger partial charge in [0.25, 0.3) is 5.91 Å². The highest BCUT2D eigenvalue weighted by atomic mass is 79.9. The fraction of sp³-hybridized carbons (Fsp3) is 0.0476. The SMILES string of the molecule is COc1cc(-c2nc3c(C(N)=O)cccc3[nH]2)ccc1OS(=O)(=O)c1cccc(Br)c1. The van der Waals surface area contributed by atoms with Gasteiger partial charge in [0.2, 0.25) is 0 Å². The van der Waals surface area contributed by atoms with E-state index in [1.807, 2.05) is 0 Å². The topological polar surface area (TPSA) is 124 Å². The molecule has 31 heavy (non-hydrogen) atoms. The quantitative estimate of drug-likeness (QED) is 0.386. The number of nitrogens with two attached hydrogens (primary N) is 1. The molecule has 3 aromatic carbocycles. The average Bonchev–Trinajstić information content (AvgIpc) is 3.18. The number of ether oxygens (including phenoxy) is 1. The molecule has 158 valence electrons. The molecule has 0 atom stereocenters. The lowest BCUT2D eigenvalue weighted by Gasteiger charge is -2.12. The highest BCUT2D eigenvalue weighted by Gasteiger charge is 2.20. The van der Waals surface area contributed by atoms with E-state index >= 15 is 0 Å². The predicted molar refractivity (Wildman–Crippen MR) is 119 cm³/mol. The van der Waals surface area contributed by atoms with Gasteiger partial charge < -0.3 is 19.6 Å². The zero-order valence-electron chi connectivity index (χ0n) is 16.1. The maximum absolute atomic E-state index is 12.6. The maximum atomic E-state index is 12.6. The molecule has 0 aliphatic carbocycles. The van der Waals surface area contributed by atoms with E-state index in [9.17, 15) is 13.2 Å². The van der Waals surface area contributed by atoms with Crippen LogP contribution in [0.3, 0.4) is 0 Å². The lowest BCUT2D eigenvalue weighted by Crippen LogP contribution is -2.11. The monoisotopic (exact) mass is 501 g/mol. The molecule has 0 aliphatic heterocycles. The van der Waals surface area contributed by atoms with E-state index in [0.29, 0.717) is 32.5 Å². The largest absolute Gasteiger partial charge is 0.493 e. The molecule has 1 aromatic heterocycles. The van der Waals surface area contributed by atoms with Crippen molar-refractivity contribution >= 4 is 43.0 Å². The summed E-state index contributed by atoms with van der Waals surface area (Å²) in [6.45, 7) is 0. The number of benzene rings is 3. The van der Waals surface area contributed by atoms with Crippen LogP contribution in [0.2, 0.25) is 0 Å². The molecule has 0 bridgehead atoms. The molecule has 10 heteroatoms. The van der Waals surface area contributed by atoms with Crippen molar-refractivity contribution in [3.63, 3.8) is 0 Å². The average molecular weight is 502 g/mol. The second-order valence-electron chi connectivity index (χ2n) is 6.51. The van der Waals surface area contributed by atoms with Crippen LogP contribution in [0.15, 0.2) is 70.0 Å². The minimum Gasteiger partial charge on any atom is -0.493 e. The molecule has 4 rings (SSSR count). The third kappa shape index (κ3) is 4.12. The number of hydrogen-bond donors (Lipinski definition) is 2. The number of imidazole rings is 1. The smallest absolute Gasteiger partial charge is 0.339 e. The molecular weight excluding hydrogens is 486 g/mol. The minimum absolute atomic E-state index is 0.00395. The van der Waals surface area contributed by atoms with Crippen LogP contribution in [0, 0.1) is 0 Å². The zero-order chi connectivity index (χ0) is 22.2. The Balaban J connectivity index is 1.71. The molecule has 0 aliphatic rings. The van der Waals surface area contributed by atoms with Crippen LogP contribution in [0.25, 0.3) is 22.4 Å². The molecule has 4 aromatic rings. The fourth-order valence-corrected chi connectivity index (χ4v) is 4.58. The van der Waals surface area contributed by atoms with Crippen molar-refractivity contribution in [1.82, 2.24) is 9.97 Å². The highest BCUT2D eigenvalue weighted by Crippen LogP contribution is 2.34. The number of aromatic nitrogens is 2. The van der Waals surface area contributed by atoms with Gasteiger partial charge in [0.1, 0.15) is 16.2 Å². The van der Waals surface area contributed by atoms with Crippen LogP contribution in [-0.4, -0.2) is 31.4 Å². The summed E-state index contributed by atoms with van der Waals surface area (Å²) in [7, 11) is -2.66. The van der Waals surface area contributed by atoms with Crippen LogP contribution in [0.5, 0.6) is 11.5 Å². The maximum Gasteiger partial charge on any atom is 0.339 e. The van der Waals surface area contributed by atoms with Crippen molar-refractivity contribution in [2.75, 3.05) is 7.11 Å². The molecule has 0 fully saturated rings. The second-order valence-corrected chi connectivity index (χ2v) is 8.97. The Labute approximate surface area is 186 Å². The Bertz CT molecular complexity index is 1420. The van der Waals surface area contributed by atoms with Crippen molar-refractivity contribution in [2.45, 2.75) is 4.90 Å². The van der Waals surface area contributed by atoms with Crippen molar-refractivity contribution < 1.29 is 22.1 Å². The molecule has 8 nitrogen and oxygen atoms in total. The number of carbonyl (C=O) groups excluding carboxylic acids is 1. The van der Waals surface area contributed by atoms with Crippen molar-refractivity contribution in [1.29, 1.82) is 0 Å². The van der Waals surface area contributed by atoms with Gasteiger partial charge in [-0.1, -0.05) is 28.1 Å². The first-order valence-electron chi connectivity index (χ1n) is 8.95. The normalized spacial score (nSPS) is 11.4. The molecule has 1 amide bonds. The lowest BCUT2D eigenvalue weighted by atomic mass is 10.2. The third-order valence-electron chi connectivity index (χ3n) is 4.50. The first-order chi connectivity index (χ1) is 14.8. The summed E-state index contributed by atoms with van der Waals surface area (Å²) in [6.07, 6.45) is 0. The van der Waals surface area contributed by atoms with E-state index in [1.165, 1.54) is 25.3 Å². The van der Waals surface area contributed by atoms with Crippen molar-refractivity contribution in [3.8, 4) is 22.9 Å². The van der Waals surface area contributed by atoms with E-state index in [-0.39, 0.29) is 16.4 Å². The molecule has 0 saturated heterocycles. The van der Waals surface area contributed by atoms with Gasteiger partial charge in [-0.2, -0.15) is 8.42 Å². The van der Waals surface area contributed by atoms with Crippen LogP contribution < -0.4 is 14.7 Å². The number of aromatic amines is 1. The number of rotatable bonds is 6. The minimum atomic E-state index is -4.07. The number of methoxy groups -OCH3 is 1. The number of para-hydroxylation sites is 1. The van der Waals surface area contributed by atoms with E-state index in [2.05, 4.69) is 25.9 Å². The summed E-state index contributed by atoms with van der Waals surface area (Å²) in [5.74, 6) is 0.109. The number of amides is 1. The summed E-state index contributed by atoms with van der Waals surface area (Å²) in [5, 5.41) is 0. The van der Waals surface area contributed by atoms with Crippen molar-refractivity contribution in [2.24, 2.45) is 5.73 Å². The summed E-state index contributed by atoms with van der Waals surface area (Å²) in [4.78, 5) is 19.2. The van der Waals surface area contributed by atoms with Crippen LogP contribution in [0.4, 0.5) is 0 Å². The van der Waals surface area contributed by atoms with E-state index in [4.69, 9.17) is 14.7 Å². The number of halogens is 1. The lowest BCUT2D eigenvalue weighted by molar-refractivity contribution is 0.100. The number of primary amides is 1. The first kappa shape index (κ1) is 20.9. The summed E-state index contributed by atoms with van der Waals surface area (Å²) < 4.78 is 36.5. The van der Waals surface area contributed by atoms with Gasteiger partial charge in [0.15, 0.2) is 11.5 Å². The Morgan fingerprint density at radius 3 is 2.55 bits per heavy atom. The standard InChI is InChI=1S/C21H16BrN3O5S/c1-29-18-10-12(21-24-16-7-3-6-15(20(23)26)19(16)25-21)8-9-17(18)30-31(27,28)14-5-2-4-13(22)11-14/h2-11H,1H3,(H2,23,26)(H,24,25). The molecule has 0 saturated carbocycles. The van der Waals surface area contributed by atoms with Crippen LogP contribution in [0.1, 0.15) is 10.4 Å². The van der Waals surface area contributed by atoms with Crippen LogP contribution >= 0.6 is 15.9 Å². The Kier molecular flexibility index (Phi) is 5.42. The molecule has 0 radical (unpaired) electrons. The van der Waals surface area contributed by atoms with Crippen LogP contribution in [-0.2, 0) is 10.1 Å². The first-order valence-corrected chi connectivity index (χ1v) is 11.2. The Morgan fingerprint density at radius 1 is 1.06 bits per heavy atom. The third-order valence-corrected chi connectivity index (χ3v) is 6.22.